The van der Waals surface area contributed by atoms with E-state index in [1.807, 2.05) is 76.2 Å². The van der Waals surface area contributed by atoms with Crippen LogP contribution in [0.1, 0.15) is 28.1 Å². The van der Waals surface area contributed by atoms with Crippen molar-refractivity contribution < 1.29 is 19.1 Å². The van der Waals surface area contributed by atoms with Gasteiger partial charge in [0.15, 0.2) is 0 Å². The summed E-state index contributed by atoms with van der Waals surface area (Å²) in [5.41, 5.74) is 6.32. The molecule has 1 aromatic heterocycles. The van der Waals surface area contributed by atoms with Gasteiger partial charge in [-0.15, -0.1) is 0 Å². The molecule has 2 heterocycles. The Hall–Kier alpha value is -3.78. The van der Waals surface area contributed by atoms with Gasteiger partial charge in [-0.05, 0) is 98.6 Å². The number of carbonyl (C=O) groups excluding carboxylic acids is 3. The van der Waals surface area contributed by atoms with Crippen molar-refractivity contribution in [2.45, 2.75) is 27.7 Å². The monoisotopic (exact) mass is 489 g/mol. The summed E-state index contributed by atoms with van der Waals surface area (Å²) >= 11 is 0.848. The van der Waals surface area contributed by atoms with Gasteiger partial charge in [0.25, 0.3) is 11.1 Å². The number of rotatable bonds is 6. The van der Waals surface area contributed by atoms with Crippen LogP contribution in [0.4, 0.5) is 10.5 Å². The molecule has 0 aliphatic carbocycles. The molecular weight excluding hydrogens is 462 g/mol. The van der Waals surface area contributed by atoms with E-state index < -0.39 is 17.1 Å². The fourth-order valence-electron chi connectivity index (χ4n) is 4.04. The van der Waals surface area contributed by atoms with Crippen LogP contribution in [0, 0.1) is 27.7 Å². The first-order valence-electron chi connectivity index (χ1n) is 11.1. The molecule has 1 fully saturated rings. The van der Waals surface area contributed by atoms with Gasteiger partial charge >= 0.3 is 0 Å². The van der Waals surface area contributed by atoms with Crippen molar-refractivity contribution >= 4 is 40.6 Å². The molecule has 0 bridgehead atoms. The Morgan fingerprint density at radius 1 is 1.03 bits per heavy atom. The molecule has 8 heteroatoms. The molecule has 0 saturated carbocycles. The predicted octanol–water partition coefficient (Wildman–Crippen LogP) is 5.39. The highest BCUT2D eigenvalue weighted by atomic mass is 32.2. The first-order chi connectivity index (χ1) is 16.7. The highest BCUT2D eigenvalue weighted by Gasteiger charge is 2.36. The minimum atomic E-state index is -0.467. The third-order valence-corrected chi connectivity index (χ3v) is 6.84. The van der Waals surface area contributed by atoms with Crippen LogP contribution in [0.25, 0.3) is 11.8 Å². The van der Waals surface area contributed by atoms with Gasteiger partial charge < -0.3 is 14.6 Å². The summed E-state index contributed by atoms with van der Waals surface area (Å²) in [6, 6.07) is 15.4. The smallest absolute Gasteiger partial charge is 0.294 e. The Morgan fingerprint density at radius 3 is 2.43 bits per heavy atom. The van der Waals surface area contributed by atoms with Crippen LogP contribution in [0.2, 0.25) is 0 Å². The summed E-state index contributed by atoms with van der Waals surface area (Å²) in [6.45, 7) is 7.44. The SMILES string of the molecule is COc1ccc(-n2c(C)cc(/C=C3\SC(=O)N(CC(=O)Nc4cc(C)ccc4C)C3=O)c2C)cc1. The number of amides is 3. The summed E-state index contributed by atoms with van der Waals surface area (Å²) in [7, 11) is 1.62. The highest BCUT2D eigenvalue weighted by molar-refractivity contribution is 8.18. The molecular formula is C27H27N3O4S. The second-order valence-corrected chi connectivity index (χ2v) is 9.49. The summed E-state index contributed by atoms with van der Waals surface area (Å²) in [4.78, 5) is 39.4. The first kappa shape index (κ1) is 24.3. The Morgan fingerprint density at radius 2 is 1.74 bits per heavy atom. The summed E-state index contributed by atoms with van der Waals surface area (Å²) < 4.78 is 7.32. The van der Waals surface area contributed by atoms with E-state index in [4.69, 9.17) is 4.74 Å². The number of anilines is 1. The van der Waals surface area contributed by atoms with E-state index in [9.17, 15) is 14.4 Å². The Balaban J connectivity index is 1.52. The molecule has 3 aromatic rings. The van der Waals surface area contributed by atoms with E-state index in [1.165, 1.54) is 0 Å². The number of aryl methyl sites for hydroxylation is 3. The molecule has 35 heavy (non-hydrogen) atoms. The Kier molecular flexibility index (Phi) is 6.84. The van der Waals surface area contributed by atoms with Crippen LogP contribution in [-0.4, -0.2) is 40.2 Å². The molecule has 1 saturated heterocycles. The van der Waals surface area contributed by atoms with E-state index >= 15 is 0 Å². The van der Waals surface area contributed by atoms with Crippen molar-refractivity contribution in [3.63, 3.8) is 0 Å². The number of imide groups is 1. The number of hydrogen-bond donors (Lipinski definition) is 1. The fraction of sp³-hybridized carbons (Fsp3) is 0.222. The minimum Gasteiger partial charge on any atom is -0.497 e. The van der Waals surface area contributed by atoms with Crippen molar-refractivity contribution in [2.75, 3.05) is 19.0 Å². The quantitative estimate of drug-likeness (QED) is 0.469. The molecule has 180 valence electrons. The van der Waals surface area contributed by atoms with Gasteiger partial charge in [-0.2, -0.15) is 0 Å². The number of benzene rings is 2. The number of nitrogens with zero attached hydrogens (tertiary/aromatic N) is 2. The lowest BCUT2D eigenvalue weighted by Gasteiger charge is -2.14. The maximum Gasteiger partial charge on any atom is 0.294 e. The highest BCUT2D eigenvalue weighted by Crippen LogP contribution is 2.34. The van der Waals surface area contributed by atoms with Crippen molar-refractivity contribution in [1.29, 1.82) is 0 Å². The number of methoxy groups -OCH3 is 1. The number of ether oxygens (including phenoxy) is 1. The molecule has 1 aliphatic heterocycles. The molecule has 7 nitrogen and oxygen atoms in total. The first-order valence-corrected chi connectivity index (χ1v) is 12.0. The zero-order chi connectivity index (χ0) is 25.3. The molecule has 0 radical (unpaired) electrons. The van der Waals surface area contributed by atoms with Gasteiger partial charge in [0.05, 0.1) is 12.0 Å². The average Bonchev–Trinajstić information content (AvgIpc) is 3.25. The van der Waals surface area contributed by atoms with E-state index in [2.05, 4.69) is 9.88 Å². The number of aromatic nitrogens is 1. The zero-order valence-corrected chi connectivity index (χ0v) is 21.2. The number of hydrogen-bond acceptors (Lipinski definition) is 5. The maximum absolute atomic E-state index is 13.0. The van der Waals surface area contributed by atoms with Crippen LogP contribution in [0.5, 0.6) is 5.75 Å². The summed E-state index contributed by atoms with van der Waals surface area (Å²) in [5, 5.41) is 2.35. The van der Waals surface area contributed by atoms with Crippen LogP contribution in [0.15, 0.2) is 53.4 Å². The zero-order valence-electron chi connectivity index (χ0n) is 20.3. The normalized spacial score (nSPS) is 14.7. The maximum atomic E-state index is 13.0. The lowest BCUT2D eigenvalue weighted by Crippen LogP contribution is -2.36. The van der Waals surface area contributed by atoms with Crippen molar-refractivity contribution in [3.8, 4) is 11.4 Å². The molecule has 3 amide bonds. The van der Waals surface area contributed by atoms with Crippen molar-refractivity contribution in [1.82, 2.24) is 9.47 Å². The van der Waals surface area contributed by atoms with Crippen LogP contribution in [-0.2, 0) is 9.59 Å². The minimum absolute atomic E-state index is 0.296. The largest absolute Gasteiger partial charge is 0.497 e. The van der Waals surface area contributed by atoms with Crippen molar-refractivity contribution in [2.24, 2.45) is 0 Å². The summed E-state index contributed by atoms with van der Waals surface area (Å²) in [5.74, 6) is -0.114. The van der Waals surface area contributed by atoms with Crippen LogP contribution in [0.3, 0.4) is 0 Å². The lowest BCUT2D eigenvalue weighted by molar-refractivity contribution is -0.127. The van der Waals surface area contributed by atoms with E-state index in [0.29, 0.717) is 10.6 Å². The second-order valence-electron chi connectivity index (χ2n) is 8.49. The lowest BCUT2D eigenvalue weighted by atomic mass is 10.1. The third kappa shape index (κ3) is 5.02. The number of carbonyl (C=O) groups is 3. The molecule has 1 aliphatic rings. The van der Waals surface area contributed by atoms with Gasteiger partial charge in [0.1, 0.15) is 12.3 Å². The number of thioether (sulfide) groups is 1. The Labute approximate surface area is 208 Å². The molecule has 0 atom stereocenters. The molecule has 1 N–H and O–H groups in total. The number of nitrogens with one attached hydrogen (secondary N) is 1. The van der Waals surface area contributed by atoms with Crippen LogP contribution < -0.4 is 10.1 Å². The average molecular weight is 490 g/mol. The second kappa shape index (κ2) is 9.84. The molecule has 0 spiro atoms. The van der Waals surface area contributed by atoms with Gasteiger partial charge in [-0.1, -0.05) is 12.1 Å². The van der Waals surface area contributed by atoms with E-state index in [-0.39, 0.29) is 6.54 Å². The molecule has 2 aromatic carbocycles. The van der Waals surface area contributed by atoms with Gasteiger partial charge in [0.2, 0.25) is 5.91 Å². The molecule has 4 rings (SSSR count). The standard InChI is InChI=1S/C27H27N3O4S/c1-16-6-7-17(2)23(12-16)28-25(31)15-29-26(32)24(35-27(29)33)14-20-13-18(3)30(19(20)4)21-8-10-22(34-5)11-9-21/h6-14H,15H2,1-5H3,(H,28,31)/b24-14-. The van der Waals surface area contributed by atoms with Gasteiger partial charge in [-0.25, -0.2) is 0 Å². The van der Waals surface area contributed by atoms with Gasteiger partial charge in [0, 0.05) is 22.8 Å². The predicted molar refractivity (Wildman–Crippen MR) is 139 cm³/mol. The molecule has 0 unspecified atom stereocenters. The third-order valence-electron chi connectivity index (χ3n) is 5.93. The van der Waals surface area contributed by atoms with E-state index in [0.717, 1.165) is 56.2 Å². The van der Waals surface area contributed by atoms with Gasteiger partial charge in [-0.3, -0.25) is 19.3 Å². The van der Waals surface area contributed by atoms with E-state index in [1.54, 1.807) is 13.2 Å². The van der Waals surface area contributed by atoms with Crippen LogP contribution >= 0.6 is 11.8 Å². The Bertz CT molecular complexity index is 1360. The fourth-order valence-corrected chi connectivity index (χ4v) is 4.87. The van der Waals surface area contributed by atoms with Crippen molar-refractivity contribution in [3.05, 3.63) is 81.5 Å². The summed E-state index contributed by atoms with van der Waals surface area (Å²) in [6.07, 6.45) is 1.72. The topological polar surface area (TPSA) is 80.6 Å².